The van der Waals surface area contributed by atoms with Gasteiger partial charge >= 0.3 is 0 Å². The molecule has 0 aromatic heterocycles. The molecule has 0 N–H and O–H groups in total. The van der Waals surface area contributed by atoms with Crippen LogP contribution in [-0.2, 0) is 11.2 Å². The molecule has 0 radical (unpaired) electrons. The van der Waals surface area contributed by atoms with Gasteiger partial charge < -0.3 is 4.74 Å². The summed E-state index contributed by atoms with van der Waals surface area (Å²) in [4.78, 5) is 0. The van der Waals surface area contributed by atoms with Gasteiger partial charge in [-0.25, -0.2) is 8.78 Å². The highest BCUT2D eigenvalue weighted by atomic mass is 79.9. The third-order valence-corrected chi connectivity index (χ3v) is 2.97. The van der Waals surface area contributed by atoms with Crippen molar-refractivity contribution in [2.24, 2.45) is 0 Å². The first-order valence-electron chi connectivity index (χ1n) is 4.54. The quantitative estimate of drug-likeness (QED) is 0.819. The Labute approximate surface area is 96.6 Å². The Balaban J connectivity index is 3.05. The van der Waals surface area contributed by atoms with Crippen LogP contribution in [0.3, 0.4) is 0 Å². The monoisotopic (exact) mass is 278 g/mol. The summed E-state index contributed by atoms with van der Waals surface area (Å²) in [5.41, 5.74) is -0.0375. The molecule has 15 heavy (non-hydrogen) atoms. The zero-order valence-corrected chi connectivity index (χ0v) is 10.5. The average molecular weight is 279 g/mol. The highest BCUT2D eigenvalue weighted by Gasteiger charge is 2.21. The van der Waals surface area contributed by atoms with E-state index in [1.54, 1.807) is 7.11 Å². The van der Waals surface area contributed by atoms with Gasteiger partial charge in [0.25, 0.3) is 0 Å². The van der Waals surface area contributed by atoms with Crippen LogP contribution in [0.4, 0.5) is 8.78 Å². The molecule has 0 bridgehead atoms. The maximum Gasteiger partial charge on any atom is 0.130 e. The molecule has 1 rings (SSSR count). The van der Waals surface area contributed by atoms with Crippen molar-refractivity contribution in [2.75, 3.05) is 7.11 Å². The second kappa shape index (κ2) is 4.58. The first-order chi connectivity index (χ1) is 6.85. The van der Waals surface area contributed by atoms with Crippen LogP contribution in [0.15, 0.2) is 16.6 Å². The van der Waals surface area contributed by atoms with Crippen LogP contribution in [-0.4, -0.2) is 12.7 Å². The second-order valence-corrected chi connectivity index (χ2v) is 4.84. The molecule has 4 heteroatoms. The van der Waals surface area contributed by atoms with Crippen LogP contribution in [0.25, 0.3) is 0 Å². The van der Waals surface area contributed by atoms with Crippen molar-refractivity contribution < 1.29 is 13.5 Å². The zero-order valence-electron chi connectivity index (χ0n) is 8.90. The Bertz CT molecular complexity index is 341. The first kappa shape index (κ1) is 12.6. The van der Waals surface area contributed by atoms with Crippen molar-refractivity contribution in [1.82, 2.24) is 0 Å². The lowest BCUT2D eigenvalue weighted by atomic mass is 9.98. The third-order valence-electron chi connectivity index (χ3n) is 2.26. The molecule has 0 fully saturated rings. The summed E-state index contributed by atoms with van der Waals surface area (Å²) in [7, 11) is 1.56. The van der Waals surface area contributed by atoms with E-state index in [1.807, 2.05) is 13.8 Å². The number of hydrogen-bond donors (Lipinski definition) is 0. The predicted octanol–water partition coefficient (Wildman–Crippen LogP) is 3.69. The minimum atomic E-state index is -0.585. The van der Waals surface area contributed by atoms with Crippen LogP contribution < -0.4 is 0 Å². The maximum absolute atomic E-state index is 13.5. The minimum absolute atomic E-state index is 0.385. The molecule has 0 saturated carbocycles. The van der Waals surface area contributed by atoms with Gasteiger partial charge in [-0.3, -0.25) is 0 Å². The van der Waals surface area contributed by atoms with E-state index in [0.29, 0.717) is 16.5 Å². The molecule has 0 saturated heterocycles. The van der Waals surface area contributed by atoms with Crippen molar-refractivity contribution in [3.05, 3.63) is 33.8 Å². The Morgan fingerprint density at radius 2 is 1.93 bits per heavy atom. The summed E-state index contributed by atoms with van der Waals surface area (Å²) >= 11 is 3.14. The smallest absolute Gasteiger partial charge is 0.130 e. The number of hydrogen-bond acceptors (Lipinski definition) is 1. The molecule has 0 atom stereocenters. The second-order valence-electron chi connectivity index (χ2n) is 3.99. The summed E-state index contributed by atoms with van der Waals surface area (Å²) in [5.74, 6) is -1.13. The van der Waals surface area contributed by atoms with E-state index in [2.05, 4.69) is 15.9 Å². The van der Waals surface area contributed by atoms with E-state index in [4.69, 9.17) is 4.74 Å². The Morgan fingerprint density at radius 1 is 1.33 bits per heavy atom. The van der Waals surface area contributed by atoms with E-state index in [1.165, 1.54) is 6.07 Å². The summed E-state index contributed by atoms with van der Waals surface area (Å²) in [6.45, 7) is 3.70. The number of methoxy groups -OCH3 is 1. The molecule has 1 aromatic rings. The van der Waals surface area contributed by atoms with Gasteiger partial charge in [0.15, 0.2) is 0 Å². The topological polar surface area (TPSA) is 9.23 Å². The van der Waals surface area contributed by atoms with Gasteiger partial charge in [0, 0.05) is 29.6 Å². The van der Waals surface area contributed by atoms with Crippen molar-refractivity contribution in [1.29, 1.82) is 0 Å². The fourth-order valence-electron chi connectivity index (χ4n) is 1.24. The van der Waals surface area contributed by atoms with Gasteiger partial charge in [0.2, 0.25) is 0 Å². The van der Waals surface area contributed by atoms with Gasteiger partial charge in [-0.05, 0) is 19.9 Å². The van der Waals surface area contributed by atoms with Crippen molar-refractivity contribution in [3.8, 4) is 0 Å². The zero-order chi connectivity index (χ0) is 11.6. The van der Waals surface area contributed by atoms with E-state index >= 15 is 0 Å². The summed E-state index contributed by atoms with van der Waals surface area (Å²) in [5, 5.41) is 0. The normalized spacial score (nSPS) is 11.9. The molecule has 0 amide bonds. The number of ether oxygens (including phenoxy) is 1. The van der Waals surface area contributed by atoms with Crippen molar-refractivity contribution in [2.45, 2.75) is 25.9 Å². The number of benzene rings is 1. The molecule has 1 nitrogen and oxygen atoms in total. The molecule has 0 aliphatic carbocycles. The van der Waals surface area contributed by atoms with Gasteiger partial charge in [0.05, 0.1) is 5.60 Å². The van der Waals surface area contributed by atoms with Gasteiger partial charge in [-0.1, -0.05) is 15.9 Å². The SMILES string of the molecule is COC(C)(C)Cc1c(F)cc(F)cc1Br. The van der Waals surface area contributed by atoms with Crippen LogP contribution in [0, 0.1) is 11.6 Å². The van der Waals surface area contributed by atoms with E-state index in [-0.39, 0.29) is 0 Å². The molecule has 1 aromatic carbocycles. The molecule has 0 aliphatic rings. The van der Waals surface area contributed by atoms with E-state index in [0.717, 1.165) is 6.07 Å². The highest BCUT2D eigenvalue weighted by molar-refractivity contribution is 9.10. The predicted molar refractivity (Wildman–Crippen MR) is 58.9 cm³/mol. The standard InChI is InChI=1S/C11H13BrF2O/c1-11(2,15-3)6-8-9(12)4-7(13)5-10(8)14/h4-5H,6H2,1-3H3. The molecule has 0 unspecified atom stereocenters. The number of rotatable bonds is 3. The van der Waals surface area contributed by atoms with E-state index in [9.17, 15) is 8.78 Å². The lowest BCUT2D eigenvalue weighted by molar-refractivity contribution is 0.0224. The van der Waals surface area contributed by atoms with E-state index < -0.39 is 17.2 Å². The molecular formula is C11H13BrF2O. The first-order valence-corrected chi connectivity index (χ1v) is 5.33. The Hall–Kier alpha value is -0.480. The van der Waals surface area contributed by atoms with Gasteiger partial charge in [-0.2, -0.15) is 0 Å². The highest BCUT2D eigenvalue weighted by Crippen LogP contribution is 2.26. The summed E-state index contributed by atoms with van der Waals surface area (Å²) < 4.78 is 31.9. The lowest BCUT2D eigenvalue weighted by Gasteiger charge is -2.23. The Morgan fingerprint density at radius 3 is 2.40 bits per heavy atom. The third kappa shape index (κ3) is 3.24. The molecular weight excluding hydrogens is 266 g/mol. The van der Waals surface area contributed by atoms with Crippen molar-refractivity contribution >= 4 is 15.9 Å². The minimum Gasteiger partial charge on any atom is -0.378 e. The summed E-state index contributed by atoms with van der Waals surface area (Å²) in [6.07, 6.45) is 0.385. The fourth-order valence-corrected chi connectivity index (χ4v) is 1.79. The van der Waals surface area contributed by atoms with Crippen LogP contribution >= 0.6 is 15.9 Å². The van der Waals surface area contributed by atoms with Crippen LogP contribution in [0.5, 0.6) is 0 Å². The number of halogens is 3. The molecule has 0 heterocycles. The van der Waals surface area contributed by atoms with Crippen LogP contribution in [0.2, 0.25) is 0 Å². The van der Waals surface area contributed by atoms with Gasteiger partial charge in [-0.15, -0.1) is 0 Å². The molecule has 84 valence electrons. The average Bonchev–Trinajstić information content (AvgIpc) is 2.11. The van der Waals surface area contributed by atoms with Crippen molar-refractivity contribution in [3.63, 3.8) is 0 Å². The maximum atomic E-state index is 13.5. The van der Waals surface area contributed by atoms with Gasteiger partial charge in [0.1, 0.15) is 11.6 Å². The largest absolute Gasteiger partial charge is 0.378 e. The lowest BCUT2D eigenvalue weighted by Crippen LogP contribution is -2.26. The Kier molecular flexibility index (Phi) is 3.84. The molecule has 0 spiro atoms. The molecule has 0 aliphatic heterocycles. The fraction of sp³-hybridized carbons (Fsp3) is 0.455. The summed E-state index contributed by atoms with van der Waals surface area (Å²) in [6, 6.07) is 2.13. The van der Waals surface area contributed by atoms with Crippen LogP contribution in [0.1, 0.15) is 19.4 Å².